The molecular weight excluding hydrogens is 462 g/mol. The fraction of sp³-hybridized carbons (Fsp3) is 0.500. The SMILES string of the molecule is CCCCCn1c(SCC(=O)c2c(N)n(C)c(=O)n(C)c2=O)nc2sc3c(c2c1=O)CCC3. The van der Waals surface area contributed by atoms with Crippen molar-refractivity contribution >= 4 is 44.9 Å². The standard InChI is InChI=1S/C22H27N5O4S2/c1-4-5-6-10-27-20(30)15-12-8-7-9-14(12)33-18(15)24-21(27)32-11-13(28)16-17(23)25(2)22(31)26(3)19(16)29/h4-11,23H2,1-3H3. The number of nitrogens with two attached hydrogens (primary N) is 1. The Labute approximate surface area is 198 Å². The van der Waals surface area contributed by atoms with Gasteiger partial charge < -0.3 is 5.73 Å². The summed E-state index contributed by atoms with van der Waals surface area (Å²) in [5.41, 5.74) is 5.47. The molecule has 0 bridgehead atoms. The van der Waals surface area contributed by atoms with Crippen LogP contribution in [0, 0.1) is 0 Å². The molecule has 0 spiro atoms. The van der Waals surface area contributed by atoms with E-state index in [1.54, 1.807) is 15.9 Å². The van der Waals surface area contributed by atoms with E-state index in [1.165, 1.54) is 19.0 Å². The molecule has 9 nitrogen and oxygen atoms in total. The van der Waals surface area contributed by atoms with Crippen LogP contribution in [0.15, 0.2) is 19.5 Å². The Morgan fingerprint density at radius 3 is 2.61 bits per heavy atom. The molecule has 3 aromatic heterocycles. The number of aromatic nitrogens is 4. The molecule has 0 aromatic carbocycles. The summed E-state index contributed by atoms with van der Waals surface area (Å²) in [6, 6.07) is 0. The van der Waals surface area contributed by atoms with Crippen LogP contribution in [0.2, 0.25) is 0 Å². The van der Waals surface area contributed by atoms with E-state index in [1.807, 2.05) is 0 Å². The van der Waals surface area contributed by atoms with Gasteiger partial charge in [0.05, 0.1) is 11.1 Å². The van der Waals surface area contributed by atoms with Crippen LogP contribution in [0.1, 0.15) is 53.4 Å². The number of hydrogen-bond donors (Lipinski definition) is 1. The molecule has 0 atom stereocenters. The van der Waals surface area contributed by atoms with Gasteiger partial charge >= 0.3 is 5.69 Å². The molecule has 0 unspecified atom stereocenters. The summed E-state index contributed by atoms with van der Waals surface area (Å²) in [4.78, 5) is 57.7. The number of thioether (sulfide) groups is 1. The van der Waals surface area contributed by atoms with Gasteiger partial charge in [0.25, 0.3) is 11.1 Å². The summed E-state index contributed by atoms with van der Waals surface area (Å²) >= 11 is 2.69. The second kappa shape index (κ2) is 9.30. The highest BCUT2D eigenvalue weighted by Crippen LogP contribution is 2.35. The van der Waals surface area contributed by atoms with Gasteiger partial charge in [-0.2, -0.15) is 0 Å². The average molecular weight is 490 g/mol. The van der Waals surface area contributed by atoms with E-state index in [4.69, 9.17) is 10.7 Å². The summed E-state index contributed by atoms with van der Waals surface area (Å²) in [5, 5.41) is 1.19. The average Bonchev–Trinajstić information content (AvgIpc) is 3.37. The minimum absolute atomic E-state index is 0.0528. The second-order valence-electron chi connectivity index (χ2n) is 8.27. The molecule has 0 saturated heterocycles. The van der Waals surface area contributed by atoms with Crippen molar-refractivity contribution in [2.75, 3.05) is 11.5 Å². The first-order valence-corrected chi connectivity index (χ1v) is 12.8. The monoisotopic (exact) mass is 489 g/mol. The first-order chi connectivity index (χ1) is 15.8. The van der Waals surface area contributed by atoms with Gasteiger partial charge in [0.15, 0.2) is 10.9 Å². The van der Waals surface area contributed by atoms with Crippen LogP contribution in [0.3, 0.4) is 0 Å². The summed E-state index contributed by atoms with van der Waals surface area (Å²) in [7, 11) is 2.73. The molecule has 2 N–H and O–H groups in total. The molecule has 4 rings (SSSR count). The number of carbonyl (C=O) groups excluding carboxylic acids is 1. The molecule has 33 heavy (non-hydrogen) atoms. The summed E-state index contributed by atoms with van der Waals surface area (Å²) in [5.74, 6) is -0.780. The van der Waals surface area contributed by atoms with Crippen LogP contribution in [0.5, 0.6) is 0 Å². The van der Waals surface area contributed by atoms with Crippen LogP contribution in [-0.2, 0) is 33.5 Å². The maximum atomic E-state index is 13.4. The Morgan fingerprint density at radius 2 is 1.88 bits per heavy atom. The van der Waals surface area contributed by atoms with Crippen LogP contribution in [0.4, 0.5) is 5.82 Å². The van der Waals surface area contributed by atoms with Gasteiger partial charge in [-0.15, -0.1) is 11.3 Å². The molecule has 0 radical (unpaired) electrons. The molecule has 0 amide bonds. The molecule has 1 aliphatic rings. The summed E-state index contributed by atoms with van der Waals surface area (Å²) in [6.45, 7) is 2.63. The number of nitrogens with zero attached hydrogens (tertiary/aromatic N) is 4. The van der Waals surface area contributed by atoms with E-state index in [-0.39, 0.29) is 22.7 Å². The van der Waals surface area contributed by atoms with Crippen molar-refractivity contribution in [2.24, 2.45) is 14.1 Å². The van der Waals surface area contributed by atoms with Crippen LogP contribution in [-0.4, -0.2) is 30.2 Å². The van der Waals surface area contributed by atoms with Gasteiger partial charge in [-0.05, 0) is 31.2 Å². The van der Waals surface area contributed by atoms with E-state index in [2.05, 4.69) is 6.92 Å². The molecule has 176 valence electrons. The molecule has 11 heteroatoms. The van der Waals surface area contributed by atoms with E-state index in [9.17, 15) is 19.2 Å². The van der Waals surface area contributed by atoms with Crippen molar-refractivity contribution in [3.8, 4) is 0 Å². The van der Waals surface area contributed by atoms with Crippen molar-refractivity contribution in [1.82, 2.24) is 18.7 Å². The molecule has 1 aliphatic carbocycles. The zero-order valence-electron chi connectivity index (χ0n) is 19.0. The van der Waals surface area contributed by atoms with Gasteiger partial charge in [-0.3, -0.25) is 28.1 Å². The van der Waals surface area contributed by atoms with Crippen molar-refractivity contribution in [3.05, 3.63) is 47.2 Å². The lowest BCUT2D eigenvalue weighted by molar-refractivity contribution is 0.102. The maximum absolute atomic E-state index is 13.4. The van der Waals surface area contributed by atoms with Crippen molar-refractivity contribution in [3.63, 3.8) is 0 Å². The van der Waals surface area contributed by atoms with E-state index < -0.39 is 17.0 Å². The molecule has 0 fully saturated rings. The Balaban J connectivity index is 1.71. The van der Waals surface area contributed by atoms with Gasteiger partial charge in [-0.25, -0.2) is 9.78 Å². The number of nitrogen functional groups attached to an aromatic ring is 1. The first-order valence-electron chi connectivity index (χ1n) is 11.0. The van der Waals surface area contributed by atoms with E-state index in [0.29, 0.717) is 16.5 Å². The highest BCUT2D eigenvalue weighted by molar-refractivity contribution is 7.99. The number of hydrogen-bond acceptors (Lipinski definition) is 8. The fourth-order valence-electron chi connectivity index (χ4n) is 4.21. The highest BCUT2D eigenvalue weighted by Gasteiger charge is 2.25. The van der Waals surface area contributed by atoms with Gasteiger partial charge in [0, 0.05) is 25.5 Å². The molecule has 0 saturated carbocycles. The normalized spacial score (nSPS) is 13.1. The number of carbonyl (C=O) groups is 1. The number of anilines is 1. The Kier molecular flexibility index (Phi) is 6.62. The third-order valence-corrected chi connectivity index (χ3v) is 8.26. The third-order valence-electron chi connectivity index (χ3n) is 6.10. The quantitative estimate of drug-likeness (QED) is 0.222. The number of ketones is 1. The molecular formula is C22H27N5O4S2. The predicted octanol–water partition coefficient (Wildman–Crippen LogP) is 2.09. The number of unbranched alkanes of at least 4 members (excludes halogenated alkanes) is 2. The predicted molar refractivity (Wildman–Crippen MR) is 132 cm³/mol. The smallest absolute Gasteiger partial charge is 0.332 e. The topological polar surface area (TPSA) is 122 Å². The van der Waals surface area contributed by atoms with Crippen molar-refractivity contribution in [2.45, 2.75) is 57.1 Å². The number of Topliss-reactive ketones (excluding diaryl/α,β-unsaturated/α-hetero) is 1. The third kappa shape index (κ3) is 4.08. The number of rotatable bonds is 8. The lowest BCUT2D eigenvalue weighted by Crippen LogP contribution is -2.41. The zero-order chi connectivity index (χ0) is 23.9. The van der Waals surface area contributed by atoms with E-state index >= 15 is 0 Å². The van der Waals surface area contributed by atoms with Crippen molar-refractivity contribution in [1.29, 1.82) is 0 Å². The minimum atomic E-state index is -0.723. The maximum Gasteiger partial charge on any atom is 0.332 e. The molecule has 3 aromatic rings. The van der Waals surface area contributed by atoms with Gasteiger partial charge in [0.2, 0.25) is 0 Å². The van der Waals surface area contributed by atoms with Crippen molar-refractivity contribution < 1.29 is 4.79 Å². The molecule has 3 heterocycles. The second-order valence-corrected chi connectivity index (χ2v) is 10.3. The largest absolute Gasteiger partial charge is 0.384 e. The number of thiophene rings is 1. The van der Waals surface area contributed by atoms with E-state index in [0.717, 1.165) is 70.4 Å². The zero-order valence-corrected chi connectivity index (χ0v) is 20.6. The summed E-state index contributed by atoms with van der Waals surface area (Å²) < 4.78 is 3.62. The highest BCUT2D eigenvalue weighted by atomic mass is 32.2. The summed E-state index contributed by atoms with van der Waals surface area (Å²) in [6.07, 6.45) is 5.79. The Hall–Kier alpha value is -2.66. The fourth-order valence-corrected chi connectivity index (χ4v) is 6.41. The Bertz CT molecular complexity index is 1430. The lowest BCUT2D eigenvalue weighted by atomic mass is 10.2. The van der Waals surface area contributed by atoms with Crippen LogP contribution < -0.4 is 22.5 Å². The first kappa shape index (κ1) is 23.5. The minimum Gasteiger partial charge on any atom is -0.384 e. The Morgan fingerprint density at radius 1 is 1.12 bits per heavy atom. The lowest BCUT2D eigenvalue weighted by Gasteiger charge is -2.13. The van der Waals surface area contributed by atoms with Crippen LogP contribution >= 0.6 is 23.1 Å². The molecule has 0 aliphatic heterocycles. The number of aryl methyl sites for hydroxylation is 2. The number of fused-ring (bicyclic) bond motifs is 3. The van der Waals surface area contributed by atoms with Gasteiger partial charge in [-0.1, -0.05) is 31.5 Å². The van der Waals surface area contributed by atoms with Crippen LogP contribution in [0.25, 0.3) is 10.2 Å². The van der Waals surface area contributed by atoms with Gasteiger partial charge in [0.1, 0.15) is 16.2 Å².